The van der Waals surface area contributed by atoms with Crippen LogP contribution in [0.15, 0.2) is 42.5 Å². The van der Waals surface area contributed by atoms with Gasteiger partial charge >= 0.3 is 0 Å². The Kier molecular flexibility index (Phi) is 6.23. The molecule has 8 nitrogen and oxygen atoms in total. The molecule has 1 fully saturated rings. The van der Waals surface area contributed by atoms with E-state index in [9.17, 15) is 13.6 Å². The zero-order valence-corrected chi connectivity index (χ0v) is 19.5. The summed E-state index contributed by atoms with van der Waals surface area (Å²) in [4.78, 5) is 19.5. The van der Waals surface area contributed by atoms with Gasteiger partial charge in [0.05, 0.1) is 16.9 Å². The average molecular weight is 478 g/mol. The first-order chi connectivity index (χ1) is 16.9. The number of halogens is 2. The van der Waals surface area contributed by atoms with Gasteiger partial charge in [-0.05, 0) is 55.8 Å². The van der Waals surface area contributed by atoms with E-state index >= 15 is 0 Å². The number of carbonyl (C=O) groups excluding carboxylic acids is 1. The number of hydrogen-bond donors (Lipinski definition) is 2. The monoisotopic (exact) mass is 477 g/mol. The summed E-state index contributed by atoms with van der Waals surface area (Å²) in [7, 11) is 0. The van der Waals surface area contributed by atoms with Crippen LogP contribution >= 0.6 is 0 Å². The molecule has 0 atom stereocenters. The summed E-state index contributed by atoms with van der Waals surface area (Å²) in [5.74, 6) is -0.878. The summed E-state index contributed by atoms with van der Waals surface area (Å²) < 4.78 is 29.7. The van der Waals surface area contributed by atoms with Crippen LogP contribution in [0, 0.1) is 25.5 Å². The van der Waals surface area contributed by atoms with Gasteiger partial charge in [0.1, 0.15) is 17.5 Å². The summed E-state index contributed by atoms with van der Waals surface area (Å²) in [6.45, 7) is 7.57. The zero-order valence-electron chi connectivity index (χ0n) is 19.5. The van der Waals surface area contributed by atoms with E-state index in [0.29, 0.717) is 34.6 Å². The molecular weight excluding hydrogens is 452 g/mol. The number of nitrogens with zero attached hydrogens (tertiary/aromatic N) is 5. The molecule has 2 aromatic heterocycles. The number of pyridine rings is 1. The van der Waals surface area contributed by atoms with E-state index in [4.69, 9.17) is 0 Å². The van der Waals surface area contributed by atoms with Crippen molar-refractivity contribution in [2.24, 2.45) is 0 Å². The van der Waals surface area contributed by atoms with Crippen molar-refractivity contribution in [3.63, 3.8) is 0 Å². The largest absolute Gasteiger partial charge is 0.314 e. The SMILES string of the molecule is Cc1cc(F)ccc1-n1nnc(C(=O)Nc2ccc3cc(CN4CCNCC4)c(F)cc3n2)c1C. The lowest BCUT2D eigenvalue weighted by molar-refractivity contribution is 0.102. The van der Waals surface area contributed by atoms with Gasteiger partial charge in [0.2, 0.25) is 0 Å². The van der Waals surface area contributed by atoms with Gasteiger partial charge in [-0.1, -0.05) is 5.21 Å². The van der Waals surface area contributed by atoms with Gasteiger partial charge < -0.3 is 10.6 Å². The first-order valence-electron chi connectivity index (χ1n) is 11.4. The molecule has 2 aromatic carbocycles. The van der Waals surface area contributed by atoms with Crippen LogP contribution in [-0.4, -0.2) is 57.0 Å². The van der Waals surface area contributed by atoms with Gasteiger partial charge in [-0.15, -0.1) is 5.10 Å². The van der Waals surface area contributed by atoms with Crippen molar-refractivity contribution in [3.8, 4) is 5.69 Å². The first-order valence-corrected chi connectivity index (χ1v) is 11.4. The number of amides is 1. The van der Waals surface area contributed by atoms with Crippen molar-refractivity contribution in [1.29, 1.82) is 0 Å². The van der Waals surface area contributed by atoms with Crippen LogP contribution in [0.1, 0.15) is 27.3 Å². The minimum absolute atomic E-state index is 0.119. The lowest BCUT2D eigenvalue weighted by atomic mass is 10.1. The second-order valence-electron chi connectivity index (χ2n) is 8.68. The molecule has 1 aliphatic rings. The van der Waals surface area contributed by atoms with Gasteiger partial charge in [-0.3, -0.25) is 9.69 Å². The topological polar surface area (TPSA) is 88.0 Å². The van der Waals surface area contributed by atoms with Crippen LogP contribution in [0.3, 0.4) is 0 Å². The van der Waals surface area contributed by atoms with Crippen LogP contribution in [-0.2, 0) is 6.54 Å². The Balaban J connectivity index is 1.35. The third kappa shape index (κ3) is 4.75. The van der Waals surface area contributed by atoms with E-state index in [0.717, 1.165) is 31.6 Å². The standard InChI is InChI=1S/C25H25F2N7O/c1-15-11-19(26)4-5-22(15)34-16(2)24(31-32-34)25(35)30-23-6-3-17-12-18(20(27)13-21(17)29-23)14-33-9-7-28-8-10-33/h3-6,11-13,28H,7-10,14H2,1-2H3,(H,29,30,35). The minimum atomic E-state index is -0.490. The number of benzene rings is 2. The van der Waals surface area contributed by atoms with Gasteiger partial charge in [-0.25, -0.2) is 18.4 Å². The predicted molar refractivity (Wildman–Crippen MR) is 129 cm³/mol. The third-order valence-corrected chi connectivity index (χ3v) is 6.20. The van der Waals surface area contributed by atoms with E-state index in [1.54, 1.807) is 26.0 Å². The number of carbonyl (C=O) groups is 1. The molecule has 0 aliphatic carbocycles. The van der Waals surface area contributed by atoms with Crippen molar-refractivity contribution >= 4 is 22.6 Å². The highest BCUT2D eigenvalue weighted by atomic mass is 19.1. The molecule has 0 radical (unpaired) electrons. The average Bonchev–Trinajstić information content (AvgIpc) is 3.21. The fraction of sp³-hybridized carbons (Fsp3) is 0.280. The summed E-state index contributed by atoms with van der Waals surface area (Å²) in [5.41, 5.74) is 2.99. The van der Waals surface area contributed by atoms with Crippen LogP contribution in [0.4, 0.5) is 14.6 Å². The molecule has 1 amide bonds. The van der Waals surface area contributed by atoms with Crippen molar-refractivity contribution < 1.29 is 13.6 Å². The number of aromatic nitrogens is 4. The Bertz CT molecular complexity index is 1410. The Morgan fingerprint density at radius 3 is 2.66 bits per heavy atom. The minimum Gasteiger partial charge on any atom is -0.314 e. The molecule has 2 N–H and O–H groups in total. The molecule has 0 bridgehead atoms. The smallest absolute Gasteiger partial charge is 0.279 e. The third-order valence-electron chi connectivity index (χ3n) is 6.20. The molecule has 3 heterocycles. The number of aryl methyl sites for hydroxylation is 1. The van der Waals surface area contributed by atoms with Gasteiger partial charge in [-0.2, -0.15) is 0 Å². The molecule has 4 aromatic rings. The second-order valence-corrected chi connectivity index (χ2v) is 8.68. The molecule has 0 spiro atoms. The van der Waals surface area contributed by atoms with Crippen LogP contribution in [0.5, 0.6) is 0 Å². The van der Waals surface area contributed by atoms with Gasteiger partial charge in [0.25, 0.3) is 5.91 Å². The lowest BCUT2D eigenvalue weighted by Crippen LogP contribution is -2.43. The Hall–Kier alpha value is -3.76. The van der Waals surface area contributed by atoms with E-state index in [-0.39, 0.29) is 23.1 Å². The zero-order chi connectivity index (χ0) is 24.5. The first kappa shape index (κ1) is 23.0. The second kappa shape index (κ2) is 9.47. The summed E-state index contributed by atoms with van der Waals surface area (Å²) >= 11 is 0. The quantitative estimate of drug-likeness (QED) is 0.458. The molecule has 0 unspecified atom stereocenters. The molecule has 10 heteroatoms. The van der Waals surface area contributed by atoms with Crippen molar-refractivity contribution in [2.45, 2.75) is 20.4 Å². The van der Waals surface area contributed by atoms with E-state index in [1.807, 2.05) is 12.1 Å². The van der Waals surface area contributed by atoms with Crippen molar-refractivity contribution in [3.05, 3.63) is 76.6 Å². The van der Waals surface area contributed by atoms with Crippen LogP contribution < -0.4 is 10.6 Å². The molecule has 35 heavy (non-hydrogen) atoms. The van der Waals surface area contributed by atoms with Crippen molar-refractivity contribution in [2.75, 3.05) is 31.5 Å². The summed E-state index contributed by atoms with van der Waals surface area (Å²) in [6.07, 6.45) is 0. The number of rotatable bonds is 5. The summed E-state index contributed by atoms with van der Waals surface area (Å²) in [6, 6.07) is 11.0. The van der Waals surface area contributed by atoms with Gasteiger partial charge in [0, 0.05) is 49.7 Å². The lowest BCUT2D eigenvalue weighted by Gasteiger charge is -2.27. The molecule has 1 aliphatic heterocycles. The fourth-order valence-electron chi connectivity index (χ4n) is 4.29. The van der Waals surface area contributed by atoms with Crippen LogP contribution in [0.2, 0.25) is 0 Å². The Morgan fingerprint density at radius 1 is 1.09 bits per heavy atom. The maximum Gasteiger partial charge on any atom is 0.279 e. The molecular formula is C25H25F2N7O. The normalized spacial score (nSPS) is 14.4. The molecule has 1 saturated heterocycles. The number of piperazine rings is 1. The molecule has 5 rings (SSSR count). The highest BCUT2D eigenvalue weighted by molar-refractivity contribution is 6.03. The fourth-order valence-corrected chi connectivity index (χ4v) is 4.29. The summed E-state index contributed by atoms with van der Waals surface area (Å²) in [5, 5.41) is 14.9. The Labute approximate surface area is 201 Å². The van der Waals surface area contributed by atoms with Gasteiger partial charge in [0.15, 0.2) is 5.69 Å². The number of nitrogens with one attached hydrogen (secondary N) is 2. The highest BCUT2D eigenvalue weighted by Gasteiger charge is 2.19. The predicted octanol–water partition coefficient (Wildman–Crippen LogP) is 3.37. The number of fused-ring (bicyclic) bond motifs is 1. The van der Waals surface area contributed by atoms with E-state index in [2.05, 4.69) is 30.8 Å². The number of anilines is 1. The molecule has 180 valence electrons. The van der Waals surface area contributed by atoms with Crippen LogP contribution in [0.25, 0.3) is 16.6 Å². The molecule has 0 saturated carbocycles. The number of hydrogen-bond acceptors (Lipinski definition) is 6. The van der Waals surface area contributed by atoms with E-state index in [1.165, 1.54) is 22.9 Å². The highest BCUT2D eigenvalue weighted by Crippen LogP contribution is 2.22. The maximum absolute atomic E-state index is 14.8. The van der Waals surface area contributed by atoms with E-state index < -0.39 is 5.91 Å². The Morgan fingerprint density at radius 2 is 1.89 bits per heavy atom. The van der Waals surface area contributed by atoms with Crippen molar-refractivity contribution in [1.82, 2.24) is 30.2 Å². The maximum atomic E-state index is 14.8.